The number of rotatable bonds is 2. The molecule has 2 nitrogen and oxygen atoms in total. The Kier molecular flexibility index (Phi) is 3.40. The normalized spacial score (nSPS) is 24.7. The van der Waals surface area contributed by atoms with Gasteiger partial charge in [-0.05, 0) is 30.5 Å². The van der Waals surface area contributed by atoms with E-state index in [-0.39, 0.29) is 17.3 Å². The van der Waals surface area contributed by atoms with Gasteiger partial charge in [0.2, 0.25) is 0 Å². The van der Waals surface area contributed by atoms with E-state index in [1.54, 1.807) is 6.07 Å². The molecule has 2 atom stereocenters. The molecule has 0 saturated carbocycles. The molecular weight excluding hydrogens is 275 g/mol. The summed E-state index contributed by atoms with van der Waals surface area (Å²) in [7, 11) is 0. The lowest BCUT2D eigenvalue weighted by molar-refractivity contribution is 0.0575. The van der Waals surface area contributed by atoms with Crippen molar-refractivity contribution in [3.05, 3.63) is 34.1 Å². The lowest BCUT2D eigenvalue weighted by atomic mass is 9.96. The van der Waals surface area contributed by atoms with Gasteiger partial charge in [0.25, 0.3) is 0 Å². The van der Waals surface area contributed by atoms with Crippen molar-refractivity contribution in [1.82, 2.24) is 0 Å². The number of ether oxygens (including phenoxy) is 1. The minimum absolute atomic E-state index is 0.105. The summed E-state index contributed by atoms with van der Waals surface area (Å²) in [5.74, 6) is -0.592. The van der Waals surface area contributed by atoms with Crippen LogP contribution in [0.4, 0.5) is 4.39 Å². The van der Waals surface area contributed by atoms with Crippen molar-refractivity contribution in [2.24, 2.45) is 5.92 Å². The Morgan fingerprint density at radius 3 is 2.94 bits per heavy atom. The number of ketones is 1. The fraction of sp³-hybridized carbons (Fsp3) is 0.417. The van der Waals surface area contributed by atoms with E-state index in [4.69, 9.17) is 4.74 Å². The Labute approximate surface area is 102 Å². The molecule has 86 valence electrons. The number of carbonyl (C=O) groups excluding carboxylic acids is 1. The zero-order valence-corrected chi connectivity index (χ0v) is 10.5. The van der Waals surface area contributed by atoms with Crippen molar-refractivity contribution < 1.29 is 13.9 Å². The maximum atomic E-state index is 13.5. The maximum absolute atomic E-state index is 13.5. The highest BCUT2D eigenvalue weighted by molar-refractivity contribution is 9.10. The number of hydrogen-bond donors (Lipinski definition) is 0. The van der Waals surface area contributed by atoms with Gasteiger partial charge in [0.1, 0.15) is 11.9 Å². The van der Waals surface area contributed by atoms with Crippen LogP contribution in [0.5, 0.6) is 0 Å². The molecule has 1 heterocycles. The van der Waals surface area contributed by atoms with E-state index in [9.17, 15) is 9.18 Å². The maximum Gasteiger partial charge on any atom is 0.194 e. The third-order valence-electron chi connectivity index (χ3n) is 2.84. The molecule has 0 radical (unpaired) electrons. The van der Waals surface area contributed by atoms with Crippen LogP contribution in [0.1, 0.15) is 23.7 Å². The minimum atomic E-state index is -0.496. The molecule has 16 heavy (non-hydrogen) atoms. The van der Waals surface area contributed by atoms with Crippen LogP contribution in [0.15, 0.2) is 22.7 Å². The largest absolute Gasteiger partial charge is 0.370 e. The van der Waals surface area contributed by atoms with Crippen LogP contribution in [0.25, 0.3) is 0 Å². The van der Waals surface area contributed by atoms with Gasteiger partial charge in [0.05, 0.1) is 5.56 Å². The van der Waals surface area contributed by atoms with E-state index in [0.29, 0.717) is 11.1 Å². The van der Waals surface area contributed by atoms with Crippen molar-refractivity contribution in [3.8, 4) is 0 Å². The first kappa shape index (κ1) is 11.7. The van der Waals surface area contributed by atoms with E-state index in [1.165, 1.54) is 12.1 Å². The summed E-state index contributed by atoms with van der Waals surface area (Å²) in [6.45, 7) is 2.53. The third kappa shape index (κ3) is 2.18. The van der Waals surface area contributed by atoms with Crippen molar-refractivity contribution >= 4 is 21.7 Å². The lowest BCUT2D eigenvalue weighted by Crippen LogP contribution is -2.26. The van der Waals surface area contributed by atoms with Crippen LogP contribution < -0.4 is 0 Å². The molecule has 1 saturated heterocycles. The van der Waals surface area contributed by atoms with Gasteiger partial charge in [-0.25, -0.2) is 4.39 Å². The molecule has 0 spiro atoms. The summed E-state index contributed by atoms with van der Waals surface area (Å²) in [5, 5.41) is 0. The highest BCUT2D eigenvalue weighted by Gasteiger charge is 2.32. The summed E-state index contributed by atoms with van der Waals surface area (Å²) in [5.41, 5.74) is 0.105. The Balaban J connectivity index is 2.29. The third-order valence-corrected chi connectivity index (χ3v) is 3.33. The molecule has 2 rings (SSSR count). The summed E-state index contributed by atoms with van der Waals surface area (Å²) < 4.78 is 19.5. The summed E-state index contributed by atoms with van der Waals surface area (Å²) >= 11 is 3.23. The van der Waals surface area contributed by atoms with Crippen LogP contribution in [-0.4, -0.2) is 18.5 Å². The monoisotopic (exact) mass is 286 g/mol. The highest BCUT2D eigenvalue weighted by Crippen LogP contribution is 2.25. The molecule has 1 fully saturated rings. The van der Waals surface area contributed by atoms with Gasteiger partial charge in [0, 0.05) is 11.1 Å². The van der Waals surface area contributed by atoms with Gasteiger partial charge >= 0.3 is 0 Å². The molecule has 1 aliphatic rings. The number of halogens is 2. The molecule has 1 aromatic carbocycles. The second-order valence-electron chi connectivity index (χ2n) is 4.05. The van der Waals surface area contributed by atoms with Crippen LogP contribution >= 0.6 is 15.9 Å². The number of Topliss-reactive ketones (excluding diaryl/α,β-unsaturated/α-hetero) is 1. The Bertz CT molecular complexity index is 419. The predicted octanol–water partition coefficient (Wildman–Crippen LogP) is 3.20. The average molecular weight is 287 g/mol. The average Bonchev–Trinajstić information content (AvgIpc) is 2.67. The Morgan fingerprint density at radius 1 is 1.56 bits per heavy atom. The summed E-state index contributed by atoms with van der Waals surface area (Å²) in [6.07, 6.45) is 0.357. The van der Waals surface area contributed by atoms with Gasteiger partial charge in [-0.3, -0.25) is 4.79 Å². The zero-order valence-electron chi connectivity index (χ0n) is 8.87. The van der Waals surface area contributed by atoms with E-state index < -0.39 is 11.9 Å². The summed E-state index contributed by atoms with van der Waals surface area (Å²) in [4.78, 5) is 12.0. The molecule has 0 aromatic heterocycles. The standard InChI is InChI=1S/C12H12BrFO2/c1-7-4-5-16-12(7)11(15)9-6-8(13)2-3-10(9)14/h2-3,6-7,12H,4-5H2,1H3. The molecule has 4 heteroatoms. The SMILES string of the molecule is CC1CCOC1C(=O)c1cc(Br)ccc1F. The van der Waals surface area contributed by atoms with Crippen LogP contribution in [-0.2, 0) is 4.74 Å². The smallest absolute Gasteiger partial charge is 0.194 e. The Hall–Kier alpha value is -0.740. The first-order valence-corrected chi connectivity index (χ1v) is 6.00. The van der Waals surface area contributed by atoms with Crippen LogP contribution in [0.3, 0.4) is 0 Å². The first-order valence-electron chi connectivity index (χ1n) is 5.20. The predicted molar refractivity (Wildman–Crippen MR) is 62.0 cm³/mol. The van der Waals surface area contributed by atoms with Gasteiger partial charge < -0.3 is 4.74 Å². The molecule has 0 N–H and O–H groups in total. The van der Waals surface area contributed by atoms with Gasteiger partial charge in [-0.15, -0.1) is 0 Å². The molecule has 1 aliphatic heterocycles. The van der Waals surface area contributed by atoms with Gasteiger partial charge in [-0.2, -0.15) is 0 Å². The lowest BCUT2D eigenvalue weighted by Gasteiger charge is -2.13. The van der Waals surface area contributed by atoms with Crippen molar-refractivity contribution in [3.63, 3.8) is 0 Å². The molecule has 0 bridgehead atoms. The van der Waals surface area contributed by atoms with Crippen molar-refractivity contribution in [1.29, 1.82) is 0 Å². The second kappa shape index (κ2) is 4.63. The molecule has 0 amide bonds. The highest BCUT2D eigenvalue weighted by atomic mass is 79.9. The van der Waals surface area contributed by atoms with E-state index in [0.717, 1.165) is 6.42 Å². The van der Waals surface area contributed by atoms with E-state index >= 15 is 0 Å². The second-order valence-corrected chi connectivity index (χ2v) is 4.96. The fourth-order valence-electron chi connectivity index (χ4n) is 1.87. The number of hydrogen-bond acceptors (Lipinski definition) is 2. The van der Waals surface area contributed by atoms with E-state index in [1.807, 2.05) is 6.92 Å². The van der Waals surface area contributed by atoms with Gasteiger partial charge in [0.15, 0.2) is 5.78 Å². The quantitative estimate of drug-likeness (QED) is 0.781. The van der Waals surface area contributed by atoms with E-state index in [2.05, 4.69) is 15.9 Å². The van der Waals surface area contributed by atoms with Gasteiger partial charge in [-0.1, -0.05) is 22.9 Å². The fourth-order valence-corrected chi connectivity index (χ4v) is 2.23. The molecular formula is C12H12BrFO2. The van der Waals surface area contributed by atoms with Crippen molar-refractivity contribution in [2.75, 3.05) is 6.61 Å². The Morgan fingerprint density at radius 2 is 2.31 bits per heavy atom. The van der Waals surface area contributed by atoms with Crippen molar-refractivity contribution in [2.45, 2.75) is 19.4 Å². The number of benzene rings is 1. The minimum Gasteiger partial charge on any atom is -0.370 e. The zero-order chi connectivity index (χ0) is 11.7. The molecule has 2 unspecified atom stereocenters. The van der Waals surface area contributed by atoms with Crippen LogP contribution in [0, 0.1) is 11.7 Å². The first-order chi connectivity index (χ1) is 7.59. The summed E-state index contributed by atoms with van der Waals surface area (Å²) in [6, 6.07) is 4.37. The topological polar surface area (TPSA) is 26.3 Å². The molecule has 1 aromatic rings. The van der Waals surface area contributed by atoms with Crippen LogP contribution in [0.2, 0.25) is 0 Å². The number of carbonyl (C=O) groups is 1. The molecule has 0 aliphatic carbocycles.